The summed E-state index contributed by atoms with van der Waals surface area (Å²) in [5, 5.41) is 0. The Kier molecular flexibility index (Phi) is 3.67. The first-order valence-corrected chi connectivity index (χ1v) is 9.59. The predicted molar refractivity (Wildman–Crippen MR) is 95.5 cm³/mol. The van der Waals surface area contributed by atoms with Crippen LogP contribution in [0.3, 0.4) is 0 Å². The van der Waals surface area contributed by atoms with Gasteiger partial charge in [0.15, 0.2) is 0 Å². The van der Waals surface area contributed by atoms with E-state index in [0.29, 0.717) is 15.7 Å². The molecule has 2 heterocycles. The predicted octanol–water partition coefficient (Wildman–Crippen LogP) is 4.94. The molecule has 4 rings (SSSR count). The molecule has 0 aliphatic carbocycles. The SMILES string of the molecule is CC1(C)c2cc(C=O)[se]c2N(c2ccccc2)c2cc(F)cc(F)c21. The van der Waals surface area contributed by atoms with Crippen LogP contribution in [0.25, 0.3) is 0 Å². The Bertz CT molecular complexity index is 979. The van der Waals surface area contributed by atoms with Gasteiger partial charge in [-0.25, -0.2) is 0 Å². The number of fused-ring (bicyclic) bond motifs is 2. The van der Waals surface area contributed by atoms with Gasteiger partial charge < -0.3 is 0 Å². The van der Waals surface area contributed by atoms with E-state index < -0.39 is 17.0 Å². The quantitative estimate of drug-likeness (QED) is 0.447. The zero-order valence-corrected chi connectivity index (χ0v) is 15.4. The van der Waals surface area contributed by atoms with Gasteiger partial charge in [0.05, 0.1) is 0 Å². The summed E-state index contributed by atoms with van der Waals surface area (Å²) in [7, 11) is 0. The van der Waals surface area contributed by atoms with Crippen molar-refractivity contribution in [2.45, 2.75) is 19.3 Å². The standard InChI is InChI=1S/C20H15F2NOSe/c1-20(2)15-10-14(11-24)25-19(15)23(13-6-4-3-5-7-13)17-9-12(21)8-16(22)18(17)20/h3-11H,1-2H3. The van der Waals surface area contributed by atoms with Crippen LogP contribution in [0, 0.1) is 11.6 Å². The second kappa shape index (κ2) is 5.65. The first-order valence-electron chi connectivity index (χ1n) is 7.87. The number of carbonyl (C=O) groups excluding carboxylic acids is 1. The van der Waals surface area contributed by atoms with Crippen molar-refractivity contribution in [2.24, 2.45) is 0 Å². The summed E-state index contributed by atoms with van der Waals surface area (Å²) in [5.74, 6) is -1.17. The van der Waals surface area contributed by atoms with E-state index in [4.69, 9.17) is 0 Å². The van der Waals surface area contributed by atoms with Crippen molar-refractivity contribution < 1.29 is 13.6 Å². The van der Waals surface area contributed by atoms with E-state index >= 15 is 0 Å². The van der Waals surface area contributed by atoms with Crippen LogP contribution in [0.5, 0.6) is 0 Å². The minimum absolute atomic E-state index is 0.204. The van der Waals surface area contributed by atoms with Gasteiger partial charge >= 0.3 is 150 Å². The fourth-order valence-corrected chi connectivity index (χ4v) is 5.95. The molecule has 1 aromatic heterocycles. The van der Waals surface area contributed by atoms with E-state index in [2.05, 4.69) is 0 Å². The third kappa shape index (κ3) is 2.38. The fourth-order valence-electron chi connectivity index (χ4n) is 3.50. The van der Waals surface area contributed by atoms with Crippen LogP contribution in [0.4, 0.5) is 24.7 Å². The van der Waals surface area contributed by atoms with Crippen molar-refractivity contribution in [3.63, 3.8) is 0 Å². The summed E-state index contributed by atoms with van der Waals surface area (Å²) < 4.78 is 30.5. The van der Waals surface area contributed by atoms with E-state index in [9.17, 15) is 13.6 Å². The van der Waals surface area contributed by atoms with E-state index in [1.807, 2.05) is 55.1 Å². The Morgan fingerprint density at radius 3 is 2.48 bits per heavy atom. The number of para-hydroxylation sites is 1. The molecule has 0 saturated heterocycles. The van der Waals surface area contributed by atoms with Gasteiger partial charge in [0.1, 0.15) is 0 Å². The second-order valence-electron chi connectivity index (χ2n) is 6.56. The Balaban J connectivity index is 2.10. The molecule has 0 fully saturated rings. The minimum atomic E-state index is -0.639. The molecule has 5 heteroatoms. The zero-order valence-electron chi connectivity index (χ0n) is 13.7. The number of rotatable bonds is 2. The van der Waals surface area contributed by atoms with Crippen molar-refractivity contribution in [2.75, 3.05) is 4.90 Å². The molecule has 0 spiro atoms. The zero-order chi connectivity index (χ0) is 17.8. The number of nitrogens with zero attached hydrogens (tertiary/aromatic N) is 1. The monoisotopic (exact) mass is 403 g/mol. The van der Waals surface area contributed by atoms with Crippen LogP contribution >= 0.6 is 0 Å². The molecule has 126 valence electrons. The number of hydrogen-bond donors (Lipinski definition) is 0. The molecule has 1 aliphatic rings. The fraction of sp³-hybridized carbons (Fsp3) is 0.150. The maximum absolute atomic E-state index is 14.8. The van der Waals surface area contributed by atoms with Gasteiger partial charge in [-0.3, -0.25) is 0 Å². The van der Waals surface area contributed by atoms with Crippen molar-refractivity contribution in [3.05, 3.63) is 75.7 Å². The van der Waals surface area contributed by atoms with E-state index in [1.54, 1.807) is 0 Å². The summed E-state index contributed by atoms with van der Waals surface area (Å²) in [6.45, 7) is 3.84. The molecule has 0 unspecified atom stereocenters. The van der Waals surface area contributed by atoms with Crippen molar-refractivity contribution in [1.82, 2.24) is 0 Å². The number of anilines is 3. The molecule has 2 aromatic carbocycles. The van der Waals surface area contributed by atoms with Crippen LogP contribution in [-0.4, -0.2) is 20.8 Å². The molecule has 0 amide bonds. The number of benzene rings is 2. The summed E-state index contributed by atoms with van der Waals surface area (Å²) >= 11 is -0.204. The molecular weight excluding hydrogens is 387 g/mol. The normalized spacial score (nSPS) is 14.8. The van der Waals surface area contributed by atoms with Crippen molar-refractivity contribution in [1.29, 1.82) is 0 Å². The second-order valence-corrected chi connectivity index (χ2v) is 8.79. The van der Waals surface area contributed by atoms with Gasteiger partial charge in [-0.05, 0) is 0 Å². The van der Waals surface area contributed by atoms with Crippen molar-refractivity contribution in [3.8, 4) is 0 Å². The molecule has 1 aliphatic heterocycles. The summed E-state index contributed by atoms with van der Waals surface area (Å²) in [6, 6.07) is 13.7. The molecular formula is C20H15F2NOSe. The third-order valence-corrected chi connectivity index (χ3v) is 6.83. The molecule has 25 heavy (non-hydrogen) atoms. The summed E-state index contributed by atoms with van der Waals surface area (Å²) in [6.07, 6.45) is 0.860. The van der Waals surface area contributed by atoms with Crippen LogP contribution < -0.4 is 4.90 Å². The molecule has 0 saturated carbocycles. The van der Waals surface area contributed by atoms with E-state index in [0.717, 1.165) is 28.2 Å². The molecule has 2 nitrogen and oxygen atoms in total. The molecule has 3 aromatic rings. The average Bonchev–Trinajstić information content (AvgIpc) is 3.00. The molecule has 0 radical (unpaired) electrons. The molecule has 0 bridgehead atoms. The Hall–Kier alpha value is -2.23. The van der Waals surface area contributed by atoms with Gasteiger partial charge in [0.2, 0.25) is 0 Å². The number of aldehydes is 1. The number of halogens is 2. The van der Waals surface area contributed by atoms with Gasteiger partial charge in [0, 0.05) is 0 Å². The van der Waals surface area contributed by atoms with Crippen LogP contribution in [0.2, 0.25) is 0 Å². The Labute approximate surface area is 150 Å². The Morgan fingerprint density at radius 2 is 1.80 bits per heavy atom. The maximum atomic E-state index is 14.8. The van der Waals surface area contributed by atoms with Gasteiger partial charge in [-0.1, -0.05) is 0 Å². The van der Waals surface area contributed by atoms with E-state index in [-0.39, 0.29) is 14.5 Å². The molecule has 0 atom stereocenters. The van der Waals surface area contributed by atoms with Crippen molar-refractivity contribution >= 4 is 36.7 Å². The molecule has 0 N–H and O–H groups in total. The van der Waals surface area contributed by atoms with Crippen LogP contribution in [0.15, 0.2) is 48.5 Å². The van der Waals surface area contributed by atoms with Gasteiger partial charge in [-0.15, -0.1) is 0 Å². The van der Waals surface area contributed by atoms with Gasteiger partial charge in [0.25, 0.3) is 0 Å². The number of hydrogen-bond acceptors (Lipinski definition) is 2. The topological polar surface area (TPSA) is 20.3 Å². The first-order chi connectivity index (χ1) is 11.9. The first kappa shape index (κ1) is 16.2. The Morgan fingerprint density at radius 1 is 1.08 bits per heavy atom. The number of carbonyl (C=O) groups is 1. The van der Waals surface area contributed by atoms with Gasteiger partial charge in [-0.2, -0.15) is 0 Å². The van der Waals surface area contributed by atoms with Crippen LogP contribution in [0.1, 0.15) is 34.2 Å². The van der Waals surface area contributed by atoms with Crippen LogP contribution in [-0.2, 0) is 5.41 Å². The average molecular weight is 402 g/mol. The summed E-state index contributed by atoms with van der Waals surface area (Å²) in [4.78, 5) is 13.3. The third-order valence-electron chi connectivity index (χ3n) is 4.64. The summed E-state index contributed by atoms with van der Waals surface area (Å²) in [5.41, 5.74) is 2.08. The van der Waals surface area contributed by atoms with E-state index in [1.165, 1.54) is 6.07 Å².